The van der Waals surface area contributed by atoms with Gasteiger partial charge in [-0.1, -0.05) is 12.1 Å². The Bertz CT molecular complexity index is 660. The number of carbonyl (C=O) groups excluding carboxylic acids is 1. The Hall–Kier alpha value is -2.50. The molecule has 1 saturated heterocycles. The van der Waals surface area contributed by atoms with Gasteiger partial charge in [-0.2, -0.15) is 0 Å². The Balaban J connectivity index is 1.62. The summed E-state index contributed by atoms with van der Waals surface area (Å²) in [5, 5.41) is 3.67. The maximum atomic E-state index is 12.3. The van der Waals surface area contributed by atoms with Crippen LogP contribution in [-0.2, 0) is 0 Å². The number of anilines is 1. The minimum Gasteiger partial charge on any atom is -0.479 e. The number of aromatic nitrogens is 1. The van der Waals surface area contributed by atoms with E-state index in [2.05, 4.69) is 41.2 Å². The molecule has 0 unspecified atom stereocenters. The quantitative estimate of drug-likeness (QED) is 0.867. The van der Waals surface area contributed by atoms with E-state index >= 15 is 0 Å². The number of aryl methyl sites for hydroxylation is 1. The van der Waals surface area contributed by atoms with Gasteiger partial charge in [-0.15, -0.1) is 0 Å². The van der Waals surface area contributed by atoms with Crippen molar-refractivity contribution in [3.8, 4) is 5.88 Å². The Morgan fingerprint density at radius 2 is 2.00 bits per heavy atom. The number of ether oxygens (including phenoxy) is 1. The lowest BCUT2D eigenvalue weighted by Crippen LogP contribution is -2.48. The number of nitrogens with zero attached hydrogens (tertiary/aromatic N) is 3. The summed E-state index contributed by atoms with van der Waals surface area (Å²) in [6, 6.07) is 9.93. The summed E-state index contributed by atoms with van der Waals surface area (Å²) in [7, 11) is 1.49. The zero-order valence-electron chi connectivity index (χ0n) is 12.8. The third-order valence-corrected chi connectivity index (χ3v) is 3.84. The van der Waals surface area contributed by atoms with Crippen LogP contribution in [0.2, 0.25) is 0 Å². The highest BCUT2D eigenvalue weighted by atomic mass is 16.5. The van der Waals surface area contributed by atoms with Crippen LogP contribution in [0.4, 0.5) is 5.69 Å². The van der Waals surface area contributed by atoms with Crippen LogP contribution in [0.1, 0.15) is 16.1 Å². The topological polar surface area (TPSA) is 58.8 Å². The zero-order valence-corrected chi connectivity index (χ0v) is 12.8. The van der Waals surface area contributed by atoms with Gasteiger partial charge >= 0.3 is 0 Å². The molecule has 1 aliphatic rings. The van der Waals surface area contributed by atoms with Crippen molar-refractivity contribution >= 4 is 11.6 Å². The summed E-state index contributed by atoms with van der Waals surface area (Å²) < 4.78 is 9.95. The fourth-order valence-corrected chi connectivity index (χ4v) is 2.60. The fourth-order valence-electron chi connectivity index (χ4n) is 2.60. The first-order valence-electron chi connectivity index (χ1n) is 7.29. The molecule has 116 valence electrons. The summed E-state index contributed by atoms with van der Waals surface area (Å²) in [5.41, 5.74) is 2.44. The zero-order chi connectivity index (χ0) is 15.5. The molecule has 0 radical (unpaired) electrons. The number of piperazine rings is 1. The van der Waals surface area contributed by atoms with E-state index in [0.29, 0.717) is 19.0 Å². The van der Waals surface area contributed by atoms with Crippen molar-refractivity contribution in [2.24, 2.45) is 0 Å². The molecule has 1 fully saturated rings. The molecule has 6 nitrogen and oxygen atoms in total. The normalized spacial score (nSPS) is 15.0. The molecule has 6 heteroatoms. The number of hydrogen-bond acceptors (Lipinski definition) is 5. The van der Waals surface area contributed by atoms with Crippen LogP contribution in [0.15, 0.2) is 34.9 Å². The van der Waals surface area contributed by atoms with Gasteiger partial charge in [0.25, 0.3) is 11.8 Å². The molecule has 0 spiro atoms. The van der Waals surface area contributed by atoms with Crippen molar-refractivity contribution in [3.05, 3.63) is 41.7 Å². The first-order chi connectivity index (χ1) is 10.7. The summed E-state index contributed by atoms with van der Waals surface area (Å²) >= 11 is 0. The highest BCUT2D eigenvalue weighted by Gasteiger charge is 2.25. The minimum absolute atomic E-state index is 0.139. The molecule has 1 aromatic heterocycles. The summed E-state index contributed by atoms with van der Waals surface area (Å²) in [5.74, 6) is 0.405. The van der Waals surface area contributed by atoms with Crippen LogP contribution >= 0.6 is 0 Å². The predicted molar refractivity (Wildman–Crippen MR) is 82.4 cm³/mol. The standard InChI is InChI=1S/C16H19N3O3/c1-12-4-3-5-13(10-12)18-6-8-19(9-7-18)16(20)14-11-15(21-2)17-22-14/h3-5,10-11H,6-9H2,1-2H3. The van der Waals surface area contributed by atoms with Gasteiger partial charge in [-0.25, -0.2) is 0 Å². The average molecular weight is 301 g/mol. The van der Waals surface area contributed by atoms with Crippen LogP contribution in [0, 0.1) is 6.92 Å². The Morgan fingerprint density at radius 1 is 1.23 bits per heavy atom. The van der Waals surface area contributed by atoms with Gasteiger partial charge in [0.05, 0.1) is 13.2 Å². The molecule has 3 rings (SSSR count). The molecule has 1 amide bonds. The van der Waals surface area contributed by atoms with Gasteiger partial charge in [0.15, 0.2) is 0 Å². The first kappa shape index (κ1) is 14.4. The smallest absolute Gasteiger partial charge is 0.292 e. The van der Waals surface area contributed by atoms with E-state index < -0.39 is 0 Å². The van der Waals surface area contributed by atoms with Crippen LogP contribution in [-0.4, -0.2) is 49.3 Å². The second-order valence-electron chi connectivity index (χ2n) is 5.35. The maximum absolute atomic E-state index is 12.3. The summed E-state index contributed by atoms with van der Waals surface area (Å²) in [6.07, 6.45) is 0. The lowest BCUT2D eigenvalue weighted by Gasteiger charge is -2.35. The average Bonchev–Trinajstić information content (AvgIpc) is 3.03. The molecule has 0 saturated carbocycles. The van der Waals surface area contributed by atoms with E-state index in [9.17, 15) is 4.79 Å². The van der Waals surface area contributed by atoms with E-state index in [1.165, 1.54) is 24.4 Å². The van der Waals surface area contributed by atoms with Gasteiger partial charge in [-0.05, 0) is 29.8 Å². The van der Waals surface area contributed by atoms with Gasteiger partial charge in [0.1, 0.15) is 0 Å². The molecule has 0 atom stereocenters. The SMILES string of the molecule is COc1cc(C(=O)N2CCN(c3cccc(C)c3)CC2)on1. The molecular formula is C16H19N3O3. The second-order valence-corrected chi connectivity index (χ2v) is 5.35. The summed E-state index contributed by atoms with van der Waals surface area (Å²) in [6.45, 7) is 5.02. The fraction of sp³-hybridized carbons (Fsp3) is 0.375. The van der Waals surface area contributed by atoms with Gasteiger partial charge in [0, 0.05) is 31.9 Å². The van der Waals surface area contributed by atoms with Crippen LogP contribution in [0.3, 0.4) is 0 Å². The second kappa shape index (κ2) is 6.09. The molecule has 2 aromatic rings. The van der Waals surface area contributed by atoms with Gasteiger partial charge in [0.2, 0.25) is 5.76 Å². The van der Waals surface area contributed by atoms with E-state index in [-0.39, 0.29) is 11.7 Å². The van der Waals surface area contributed by atoms with Gasteiger partial charge < -0.3 is 19.1 Å². The minimum atomic E-state index is -0.139. The first-order valence-corrected chi connectivity index (χ1v) is 7.29. The third kappa shape index (κ3) is 2.90. The number of carbonyl (C=O) groups is 1. The molecule has 0 bridgehead atoms. The number of hydrogen-bond donors (Lipinski definition) is 0. The van der Waals surface area contributed by atoms with Crippen LogP contribution in [0.25, 0.3) is 0 Å². The van der Waals surface area contributed by atoms with Crippen LogP contribution in [0.5, 0.6) is 5.88 Å². The van der Waals surface area contributed by atoms with E-state index in [1.807, 2.05) is 0 Å². The van der Waals surface area contributed by atoms with Crippen molar-refractivity contribution in [2.75, 3.05) is 38.2 Å². The third-order valence-electron chi connectivity index (χ3n) is 3.84. The molecule has 0 N–H and O–H groups in total. The van der Waals surface area contributed by atoms with E-state index in [4.69, 9.17) is 9.26 Å². The van der Waals surface area contributed by atoms with Crippen molar-refractivity contribution in [1.82, 2.24) is 10.1 Å². The molecule has 1 aliphatic heterocycles. The predicted octanol–water partition coefficient (Wildman–Crippen LogP) is 1.95. The highest BCUT2D eigenvalue weighted by molar-refractivity contribution is 5.91. The lowest BCUT2D eigenvalue weighted by atomic mass is 10.2. The van der Waals surface area contributed by atoms with Crippen molar-refractivity contribution in [2.45, 2.75) is 6.92 Å². The molecule has 0 aliphatic carbocycles. The number of methoxy groups -OCH3 is 1. The number of amides is 1. The monoisotopic (exact) mass is 301 g/mol. The van der Waals surface area contributed by atoms with Crippen molar-refractivity contribution in [3.63, 3.8) is 0 Å². The Labute approximate surface area is 129 Å². The van der Waals surface area contributed by atoms with E-state index in [0.717, 1.165) is 13.1 Å². The Morgan fingerprint density at radius 3 is 2.64 bits per heavy atom. The maximum Gasteiger partial charge on any atom is 0.292 e. The van der Waals surface area contributed by atoms with Gasteiger partial charge in [-0.3, -0.25) is 4.79 Å². The Kier molecular flexibility index (Phi) is 4.00. The summed E-state index contributed by atoms with van der Waals surface area (Å²) in [4.78, 5) is 16.4. The highest BCUT2D eigenvalue weighted by Crippen LogP contribution is 2.19. The van der Waals surface area contributed by atoms with Crippen LogP contribution < -0.4 is 9.64 Å². The largest absolute Gasteiger partial charge is 0.479 e. The van der Waals surface area contributed by atoms with Crippen molar-refractivity contribution < 1.29 is 14.1 Å². The lowest BCUT2D eigenvalue weighted by molar-refractivity contribution is 0.0704. The molecule has 22 heavy (non-hydrogen) atoms. The van der Waals surface area contributed by atoms with E-state index in [1.54, 1.807) is 4.90 Å². The molecule has 2 heterocycles. The van der Waals surface area contributed by atoms with Crippen molar-refractivity contribution in [1.29, 1.82) is 0 Å². The molecular weight excluding hydrogens is 282 g/mol. The number of rotatable bonds is 3. The number of benzene rings is 1. The molecule has 1 aromatic carbocycles.